The van der Waals surface area contributed by atoms with Gasteiger partial charge in [-0.1, -0.05) is 0 Å². The Morgan fingerprint density at radius 1 is 1.55 bits per heavy atom. The van der Waals surface area contributed by atoms with Crippen molar-refractivity contribution in [2.75, 3.05) is 0 Å². The maximum atomic E-state index is 9.21. The minimum absolute atomic E-state index is 0.172. The van der Waals surface area contributed by atoms with E-state index in [1.165, 1.54) is 6.26 Å². The predicted molar refractivity (Wildman–Crippen MR) is 40.4 cm³/mol. The van der Waals surface area contributed by atoms with Crippen LogP contribution in [0.2, 0.25) is 0 Å². The van der Waals surface area contributed by atoms with Gasteiger partial charge >= 0.3 is 0 Å². The molecule has 0 aliphatic rings. The van der Waals surface area contributed by atoms with Crippen LogP contribution < -0.4 is 0 Å². The number of hydrogen-bond donors (Lipinski definition) is 1. The molecule has 0 fully saturated rings. The molecule has 2 aromatic heterocycles. The van der Waals surface area contributed by atoms with Gasteiger partial charge in [-0.2, -0.15) is 0 Å². The number of rotatable bonds is 0. The van der Waals surface area contributed by atoms with E-state index in [4.69, 9.17) is 4.42 Å². The lowest BCUT2D eigenvalue weighted by Crippen LogP contribution is -1.77. The first-order valence-corrected chi connectivity index (χ1v) is 3.31. The van der Waals surface area contributed by atoms with Crippen LogP contribution >= 0.6 is 0 Å². The average molecular weight is 149 g/mol. The summed E-state index contributed by atoms with van der Waals surface area (Å²) in [5.41, 5.74) is 1.45. The third kappa shape index (κ3) is 0.774. The largest absolute Gasteiger partial charge is 0.504 e. The maximum absolute atomic E-state index is 9.21. The van der Waals surface area contributed by atoms with E-state index >= 15 is 0 Å². The molecule has 2 rings (SSSR count). The van der Waals surface area contributed by atoms with Crippen molar-refractivity contribution >= 4 is 11.0 Å². The monoisotopic (exact) mass is 149 g/mol. The van der Waals surface area contributed by atoms with Gasteiger partial charge in [-0.05, 0) is 13.0 Å². The molecular weight excluding hydrogens is 142 g/mol. The van der Waals surface area contributed by atoms with Gasteiger partial charge < -0.3 is 9.52 Å². The number of pyridine rings is 1. The van der Waals surface area contributed by atoms with Crippen LogP contribution in [0.1, 0.15) is 5.69 Å². The van der Waals surface area contributed by atoms with E-state index in [1.807, 2.05) is 6.92 Å². The van der Waals surface area contributed by atoms with Crippen molar-refractivity contribution < 1.29 is 9.52 Å². The molecule has 1 N–H and O–H groups in total. The Morgan fingerprint density at radius 3 is 3.09 bits per heavy atom. The van der Waals surface area contributed by atoms with Crippen molar-refractivity contribution in [3.8, 4) is 5.75 Å². The fraction of sp³-hybridized carbons (Fsp3) is 0.125. The summed E-state index contributed by atoms with van der Waals surface area (Å²) < 4.78 is 5.07. The highest BCUT2D eigenvalue weighted by molar-refractivity contribution is 5.84. The van der Waals surface area contributed by atoms with Crippen LogP contribution in [0.4, 0.5) is 0 Å². The lowest BCUT2D eigenvalue weighted by atomic mass is 10.2. The standard InChI is InChI=1S/C8H7NO2/c1-5-8-6(2-3-9-5)7(10)4-11-8/h2-4,10H,1H3. The van der Waals surface area contributed by atoms with Gasteiger partial charge in [0.25, 0.3) is 0 Å². The Hall–Kier alpha value is -1.51. The molecule has 3 heteroatoms. The summed E-state index contributed by atoms with van der Waals surface area (Å²) in [5.74, 6) is 0.172. The molecular formula is C8H7NO2. The third-order valence-corrected chi connectivity index (χ3v) is 1.65. The van der Waals surface area contributed by atoms with E-state index in [2.05, 4.69) is 4.98 Å². The fourth-order valence-electron chi connectivity index (χ4n) is 1.08. The Labute approximate surface area is 63.3 Å². The molecule has 0 aliphatic heterocycles. The minimum atomic E-state index is 0.172. The van der Waals surface area contributed by atoms with Gasteiger partial charge in [-0.3, -0.25) is 4.98 Å². The van der Waals surface area contributed by atoms with Crippen LogP contribution in [-0.4, -0.2) is 10.1 Å². The second-order valence-electron chi connectivity index (χ2n) is 2.39. The molecule has 2 aromatic rings. The zero-order valence-electron chi connectivity index (χ0n) is 6.03. The summed E-state index contributed by atoms with van der Waals surface area (Å²) in [6.45, 7) is 1.84. The average Bonchev–Trinajstić information content (AvgIpc) is 2.35. The summed E-state index contributed by atoms with van der Waals surface area (Å²) in [6.07, 6.45) is 2.96. The van der Waals surface area contributed by atoms with E-state index in [0.717, 1.165) is 11.1 Å². The first-order chi connectivity index (χ1) is 5.29. The number of aryl methyl sites for hydroxylation is 1. The summed E-state index contributed by atoms with van der Waals surface area (Å²) in [5, 5.41) is 9.93. The topological polar surface area (TPSA) is 46.3 Å². The number of hydrogen-bond acceptors (Lipinski definition) is 3. The van der Waals surface area contributed by atoms with Crippen molar-refractivity contribution in [3.05, 3.63) is 24.2 Å². The summed E-state index contributed by atoms with van der Waals surface area (Å²) >= 11 is 0. The van der Waals surface area contributed by atoms with Crippen LogP contribution in [0.25, 0.3) is 11.0 Å². The highest BCUT2D eigenvalue weighted by Crippen LogP contribution is 2.27. The highest BCUT2D eigenvalue weighted by atomic mass is 16.4. The quantitative estimate of drug-likeness (QED) is 0.621. The van der Waals surface area contributed by atoms with Crippen LogP contribution in [-0.2, 0) is 0 Å². The lowest BCUT2D eigenvalue weighted by Gasteiger charge is -1.90. The molecule has 11 heavy (non-hydrogen) atoms. The van der Waals surface area contributed by atoms with Crippen molar-refractivity contribution in [2.24, 2.45) is 0 Å². The maximum Gasteiger partial charge on any atom is 0.161 e. The Kier molecular flexibility index (Phi) is 1.12. The summed E-state index contributed by atoms with van der Waals surface area (Å²) in [4.78, 5) is 4.02. The second-order valence-corrected chi connectivity index (χ2v) is 2.39. The van der Waals surface area contributed by atoms with Crippen LogP contribution in [0.3, 0.4) is 0 Å². The minimum Gasteiger partial charge on any atom is -0.504 e. The van der Waals surface area contributed by atoms with E-state index < -0.39 is 0 Å². The molecule has 0 radical (unpaired) electrons. The van der Waals surface area contributed by atoms with Crippen molar-refractivity contribution in [1.29, 1.82) is 0 Å². The lowest BCUT2D eigenvalue weighted by molar-refractivity contribution is 0.464. The SMILES string of the molecule is Cc1nccc2c(O)coc12. The van der Waals surface area contributed by atoms with E-state index in [-0.39, 0.29) is 5.75 Å². The molecule has 0 saturated heterocycles. The number of furan rings is 1. The molecule has 3 nitrogen and oxygen atoms in total. The molecule has 0 bridgehead atoms. The molecule has 0 amide bonds. The van der Waals surface area contributed by atoms with E-state index in [0.29, 0.717) is 5.58 Å². The number of aromatic nitrogens is 1. The zero-order valence-corrected chi connectivity index (χ0v) is 6.03. The fourth-order valence-corrected chi connectivity index (χ4v) is 1.08. The first-order valence-electron chi connectivity index (χ1n) is 3.31. The summed E-state index contributed by atoms with van der Waals surface area (Å²) in [6, 6.07) is 1.72. The van der Waals surface area contributed by atoms with Crippen LogP contribution in [0, 0.1) is 6.92 Å². The van der Waals surface area contributed by atoms with Gasteiger partial charge in [0.05, 0.1) is 11.1 Å². The molecule has 0 aliphatic carbocycles. The molecule has 56 valence electrons. The number of aromatic hydroxyl groups is 1. The number of fused-ring (bicyclic) bond motifs is 1. The van der Waals surface area contributed by atoms with E-state index in [9.17, 15) is 5.11 Å². The van der Waals surface area contributed by atoms with Gasteiger partial charge in [0, 0.05) is 6.20 Å². The van der Waals surface area contributed by atoms with Gasteiger partial charge in [0.1, 0.15) is 6.26 Å². The molecule has 0 saturated carbocycles. The van der Waals surface area contributed by atoms with Gasteiger partial charge in [-0.15, -0.1) is 0 Å². The molecule has 0 atom stereocenters. The molecule has 2 heterocycles. The van der Waals surface area contributed by atoms with Crippen molar-refractivity contribution in [3.63, 3.8) is 0 Å². The van der Waals surface area contributed by atoms with Gasteiger partial charge in [0.15, 0.2) is 11.3 Å². The Morgan fingerprint density at radius 2 is 2.36 bits per heavy atom. The first kappa shape index (κ1) is 6.22. The molecule has 0 spiro atoms. The smallest absolute Gasteiger partial charge is 0.161 e. The van der Waals surface area contributed by atoms with E-state index in [1.54, 1.807) is 12.3 Å². The second kappa shape index (κ2) is 1.99. The summed E-state index contributed by atoms with van der Waals surface area (Å²) in [7, 11) is 0. The number of nitrogens with zero attached hydrogens (tertiary/aromatic N) is 1. The van der Waals surface area contributed by atoms with Gasteiger partial charge in [-0.25, -0.2) is 0 Å². The van der Waals surface area contributed by atoms with Gasteiger partial charge in [0.2, 0.25) is 0 Å². The Bertz CT molecular complexity index is 392. The van der Waals surface area contributed by atoms with Crippen molar-refractivity contribution in [1.82, 2.24) is 4.98 Å². The van der Waals surface area contributed by atoms with Crippen molar-refractivity contribution in [2.45, 2.75) is 6.92 Å². The zero-order chi connectivity index (χ0) is 7.84. The third-order valence-electron chi connectivity index (χ3n) is 1.65. The van der Waals surface area contributed by atoms with Crippen LogP contribution in [0.5, 0.6) is 5.75 Å². The predicted octanol–water partition coefficient (Wildman–Crippen LogP) is 1.84. The van der Waals surface area contributed by atoms with Crippen LogP contribution in [0.15, 0.2) is 22.9 Å². The molecule has 0 aromatic carbocycles. The highest BCUT2D eigenvalue weighted by Gasteiger charge is 2.05. The Balaban J connectivity index is 2.94. The molecule has 0 unspecified atom stereocenters. The normalized spacial score (nSPS) is 10.6.